The predicted octanol–water partition coefficient (Wildman–Crippen LogP) is 5.02. The number of anilines is 1. The fourth-order valence-corrected chi connectivity index (χ4v) is 3.27. The van der Waals surface area contributed by atoms with Gasteiger partial charge in [-0.1, -0.05) is 62.6 Å². The first-order chi connectivity index (χ1) is 17.6. The Morgan fingerprint density at radius 3 is 2.14 bits per heavy atom. The van der Waals surface area contributed by atoms with Crippen molar-refractivity contribution in [1.82, 2.24) is 24.1 Å². The van der Waals surface area contributed by atoms with Gasteiger partial charge in [-0.25, -0.2) is 9.37 Å². The number of carbonyl (C=O) groups is 1. The van der Waals surface area contributed by atoms with Crippen LogP contribution in [0.4, 0.5) is 10.2 Å². The molecule has 192 valence electrons. The van der Waals surface area contributed by atoms with Crippen molar-refractivity contribution in [2.45, 2.75) is 32.6 Å². The highest BCUT2D eigenvalue weighted by Gasteiger charge is 2.17. The van der Waals surface area contributed by atoms with Crippen molar-refractivity contribution in [1.29, 1.82) is 0 Å². The monoisotopic (exact) mass is 494 g/mol. The Kier molecular flexibility index (Phi) is 10.4. The van der Waals surface area contributed by atoms with Crippen molar-refractivity contribution in [3.8, 4) is 17.0 Å². The fourth-order valence-electron chi connectivity index (χ4n) is 3.27. The van der Waals surface area contributed by atoms with E-state index in [2.05, 4.69) is 27.2 Å². The van der Waals surface area contributed by atoms with E-state index in [4.69, 9.17) is 4.74 Å². The smallest absolute Gasteiger partial charge is 0.212 e. The molecule has 1 saturated carbocycles. The number of benzene rings is 1. The summed E-state index contributed by atoms with van der Waals surface area (Å²) in [5.74, 6) is 0.369. The van der Waals surface area contributed by atoms with E-state index >= 15 is 0 Å². The number of likely N-dealkylation sites (tertiary alicyclic amines) is 1. The molecule has 8 nitrogen and oxygen atoms in total. The van der Waals surface area contributed by atoms with Crippen molar-refractivity contribution >= 4 is 17.9 Å². The van der Waals surface area contributed by atoms with Gasteiger partial charge in [-0.2, -0.15) is 5.10 Å². The van der Waals surface area contributed by atoms with Gasteiger partial charge in [0.15, 0.2) is 11.6 Å². The first-order valence-corrected chi connectivity index (χ1v) is 12.2. The number of halogens is 1. The second kappa shape index (κ2) is 14.0. The average molecular weight is 495 g/mol. The second-order valence-electron chi connectivity index (χ2n) is 8.38. The Morgan fingerprint density at radius 1 is 1.06 bits per heavy atom. The number of nitrogens with zero attached hydrogens (tertiary/aromatic N) is 5. The van der Waals surface area contributed by atoms with E-state index in [1.807, 2.05) is 36.4 Å². The zero-order valence-corrected chi connectivity index (χ0v) is 21.2. The van der Waals surface area contributed by atoms with Crippen LogP contribution < -0.4 is 10.1 Å². The number of fused-ring (bicyclic) bond motifs is 1. The molecule has 1 saturated heterocycles. The molecular formula is C27H35FN6O2. The van der Waals surface area contributed by atoms with E-state index in [0.717, 1.165) is 0 Å². The number of ether oxygens (including phenoxy) is 1. The minimum atomic E-state index is -0.451. The zero-order valence-electron chi connectivity index (χ0n) is 21.2. The van der Waals surface area contributed by atoms with Crippen molar-refractivity contribution < 1.29 is 13.9 Å². The maximum atomic E-state index is 14.3. The molecule has 0 radical (unpaired) electrons. The summed E-state index contributed by atoms with van der Waals surface area (Å²) >= 11 is 0. The Labute approximate surface area is 211 Å². The topological polar surface area (TPSA) is 76.7 Å². The molecule has 2 aliphatic rings. The van der Waals surface area contributed by atoms with Crippen LogP contribution >= 0.6 is 0 Å². The molecule has 4 aromatic rings. The highest BCUT2D eigenvalue weighted by molar-refractivity contribution is 5.72. The molecule has 1 aliphatic heterocycles. The number of amides is 1. The summed E-state index contributed by atoms with van der Waals surface area (Å²) in [5, 5.41) is 6.49. The molecule has 1 aliphatic carbocycles. The van der Waals surface area contributed by atoms with E-state index in [-0.39, 0.29) is 0 Å². The van der Waals surface area contributed by atoms with E-state index in [9.17, 15) is 9.18 Å². The van der Waals surface area contributed by atoms with Gasteiger partial charge in [-0.15, -0.1) is 0 Å². The van der Waals surface area contributed by atoms with Crippen LogP contribution in [0.1, 0.15) is 32.6 Å². The van der Waals surface area contributed by atoms with Crippen molar-refractivity contribution in [3.63, 3.8) is 0 Å². The Balaban J connectivity index is 0.000000192. The maximum absolute atomic E-state index is 14.3. The molecule has 9 heteroatoms. The van der Waals surface area contributed by atoms with Gasteiger partial charge in [0.05, 0.1) is 25.1 Å². The van der Waals surface area contributed by atoms with E-state index in [0.29, 0.717) is 34.9 Å². The lowest BCUT2D eigenvalue weighted by atomic mass is 10.2. The van der Waals surface area contributed by atoms with E-state index in [1.165, 1.54) is 69.4 Å². The Bertz CT molecular complexity index is 1170. The van der Waals surface area contributed by atoms with Crippen molar-refractivity contribution in [2.75, 3.05) is 32.1 Å². The quantitative estimate of drug-likeness (QED) is 0.394. The third-order valence-corrected chi connectivity index (χ3v) is 5.55. The van der Waals surface area contributed by atoms with Crippen molar-refractivity contribution in [3.05, 3.63) is 66.9 Å². The number of pyridine rings is 1. The summed E-state index contributed by atoms with van der Waals surface area (Å²) in [7, 11) is 3.20. The summed E-state index contributed by atoms with van der Waals surface area (Å²) in [6.45, 7) is 6.14. The first-order valence-electron chi connectivity index (χ1n) is 12.2. The van der Waals surface area contributed by atoms with Gasteiger partial charge in [-0.3, -0.25) is 9.48 Å². The second-order valence-corrected chi connectivity index (χ2v) is 8.38. The van der Waals surface area contributed by atoms with Gasteiger partial charge in [0, 0.05) is 19.3 Å². The lowest BCUT2D eigenvalue weighted by molar-refractivity contribution is -0.105. The number of hydrogen-bond donors (Lipinski definition) is 1. The third kappa shape index (κ3) is 7.91. The highest BCUT2D eigenvalue weighted by atomic mass is 19.1. The van der Waals surface area contributed by atoms with Crippen LogP contribution in [-0.4, -0.2) is 57.2 Å². The number of nitrogens with one attached hydrogen (secondary N) is 1. The zero-order chi connectivity index (χ0) is 25.8. The molecular weight excluding hydrogens is 459 g/mol. The number of methoxy groups -OCH3 is 1. The number of carbonyl (C=O) groups excluding carboxylic acids is 1. The number of aryl methyl sites for hydroxylation is 1. The molecule has 0 unspecified atom stereocenters. The number of imidazole rings is 1. The van der Waals surface area contributed by atoms with E-state index in [1.54, 1.807) is 23.8 Å². The molecule has 4 heterocycles. The molecule has 0 bridgehead atoms. The molecule has 6 rings (SSSR count). The van der Waals surface area contributed by atoms with Crippen LogP contribution in [0.2, 0.25) is 0 Å². The lowest BCUT2D eigenvalue weighted by Gasteiger charge is -2.28. The summed E-state index contributed by atoms with van der Waals surface area (Å²) in [6.07, 6.45) is 11.1. The van der Waals surface area contributed by atoms with Gasteiger partial charge < -0.3 is 19.4 Å². The molecule has 0 spiro atoms. The number of aromatic nitrogens is 4. The number of hydrogen-bond acceptors (Lipinski definition) is 5. The minimum absolute atomic E-state index is 0.328. The average Bonchev–Trinajstić information content (AvgIpc) is 3.63. The fraction of sp³-hybridized carbons (Fsp3) is 0.370. The van der Waals surface area contributed by atoms with Gasteiger partial charge in [0.2, 0.25) is 6.41 Å². The third-order valence-electron chi connectivity index (χ3n) is 5.55. The minimum Gasteiger partial charge on any atom is -0.493 e. The van der Waals surface area contributed by atoms with Gasteiger partial charge in [0.1, 0.15) is 17.2 Å². The van der Waals surface area contributed by atoms with Gasteiger partial charge >= 0.3 is 0 Å². The van der Waals surface area contributed by atoms with Crippen LogP contribution in [-0.2, 0) is 11.8 Å². The Hall–Kier alpha value is -3.72. The van der Waals surface area contributed by atoms with Crippen LogP contribution in [0.5, 0.6) is 5.75 Å². The van der Waals surface area contributed by atoms with Crippen molar-refractivity contribution in [2.24, 2.45) is 7.05 Å². The number of rotatable bonds is 5. The lowest BCUT2D eigenvalue weighted by Crippen LogP contribution is -2.36. The summed E-state index contributed by atoms with van der Waals surface area (Å²) < 4.78 is 22.7. The molecule has 0 atom stereocenters. The van der Waals surface area contributed by atoms with Crippen LogP contribution in [0.15, 0.2) is 61.1 Å². The van der Waals surface area contributed by atoms with Gasteiger partial charge in [-0.05, 0) is 26.1 Å². The van der Waals surface area contributed by atoms with Gasteiger partial charge in [0.25, 0.3) is 0 Å². The highest BCUT2D eigenvalue weighted by Crippen LogP contribution is 2.31. The van der Waals surface area contributed by atoms with E-state index < -0.39 is 5.82 Å². The van der Waals surface area contributed by atoms with Crippen LogP contribution in [0.3, 0.4) is 0 Å². The standard InChI is InChI=1S/C13H12FN5O2.C6H6.C5H11N.C3H6/c1-18-13(10(21-2)4-16-18)8-5-19-6-11(15-7-20)17-12(19)3-9(8)14;1-2-4-6-5-3-1;1-2-6-4-3-5-6;1-2-3-1/h3-7H,1-2H3,(H,15,20);1-6H;2-5H2,1H3;1-3H2. The summed E-state index contributed by atoms with van der Waals surface area (Å²) in [6, 6.07) is 13.3. The molecule has 2 fully saturated rings. The predicted molar refractivity (Wildman–Crippen MR) is 141 cm³/mol. The molecule has 1 amide bonds. The SMILES string of the molecule is C1CC1.CCN1CCC1.COc1cnn(C)c1-c1cn2cc(NC=O)nc2cc1F.c1ccccc1. The first kappa shape index (κ1) is 26.9. The summed E-state index contributed by atoms with van der Waals surface area (Å²) in [4.78, 5) is 16.9. The van der Waals surface area contributed by atoms with Crippen LogP contribution in [0.25, 0.3) is 16.9 Å². The Morgan fingerprint density at radius 2 is 1.69 bits per heavy atom. The maximum Gasteiger partial charge on any atom is 0.212 e. The normalized spacial score (nSPS) is 13.6. The molecule has 1 N–H and O–H groups in total. The molecule has 3 aromatic heterocycles. The largest absolute Gasteiger partial charge is 0.493 e. The molecule has 36 heavy (non-hydrogen) atoms. The molecule has 1 aromatic carbocycles. The summed E-state index contributed by atoms with van der Waals surface area (Å²) in [5.41, 5.74) is 1.24. The van der Waals surface area contributed by atoms with Crippen LogP contribution in [0, 0.1) is 5.82 Å².